The highest BCUT2D eigenvalue weighted by Gasteiger charge is 2.27. The van der Waals surface area contributed by atoms with Crippen LogP contribution in [0, 0.1) is 6.92 Å². The normalized spacial score (nSPS) is 16.4. The fourth-order valence-corrected chi connectivity index (χ4v) is 4.43. The lowest BCUT2D eigenvalue weighted by molar-refractivity contribution is 0.446. The van der Waals surface area contributed by atoms with Crippen LogP contribution >= 0.6 is 24.0 Å². The van der Waals surface area contributed by atoms with Gasteiger partial charge in [0.25, 0.3) is 0 Å². The summed E-state index contributed by atoms with van der Waals surface area (Å²) in [7, 11) is -3.07. The number of aliphatic imine (C=N–C) groups is 1. The van der Waals surface area contributed by atoms with E-state index >= 15 is 0 Å². The molecular weight excluding hydrogens is 487 g/mol. The van der Waals surface area contributed by atoms with E-state index in [0.29, 0.717) is 38.6 Å². The van der Waals surface area contributed by atoms with Crippen LogP contribution in [0.2, 0.25) is 0 Å². The van der Waals surface area contributed by atoms with Gasteiger partial charge >= 0.3 is 0 Å². The van der Waals surface area contributed by atoms with Crippen LogP contribution in [0.15, 0.2) is 59.6 Å². The molecule has 152 valence electrons. The minimum absolute atomic E-state index is 0. The molecule has 1 aliphatic heterocycles. The van der Waals surface area contributed by atoms with E-state index in [-0.39, 0.29) is 29.7 Å². The maximum absolute atomic E-state index is 11.9. The second kappa shape index (κ2) is 10.8. The van der Waals surface area contributed by atoms with Crippen LogP contribution in [-0.2, 0) is 16.6 Å². The van der Waals surface area contributed by atoms with Gasteiger partial charge in [-0.3, -0.25) is 0 Å². The number of aryl methyl sites for hydroxylation is 1. The van der Waals surface area contributed by atoms with Crippen LogP contribution in [0.25, 0.3) is 0 Å². The highest BCUT2D eigenvalue weighted by molar-refractivity contribution is 14.0. The lowest BCUT2D eigenvalue weighted by Gasteiger charge is -2.17. The van der Waals surface area contributed by atoms with Crippen molar-refractivity contribution < 1.29 is 8.42 Å². The fourth-order valence-electron chi connectivity index (χ4n) is 2.90. The van der Waals surface area contributed by atoms with E-state index in [9.17, 15) is 8.42 Å². The minimum atomic E-state index is -3.07. The van der Waals surface area contributed by atoms with Crippen molar-refractivity contribution in [1.29, 1.82) is 0 Å². The number of rotatable bonds is 6. The van der Waals surface area contributed by atoms with Gasteiger partial charge in [-0.25, -0.2) is 17.7 Å². The van der Waals surface area contributed by atoms with Crippen molar-refractivity contribution in [1.82, 2.24) is 9.62 Å². The molecule has 1 fully saturated rings. The Bertz CT molecular complexity index is 871. The summed E-state index contributed by atoms with van der Waals surface area (Å²) in [5.74, 6) is 0.891. The first-order chi connectivity index (χ1) is 13.0. The van der Waals surface area contributed by atoms with Gasteiger partial charge in [-0.05, 0) is 31.0 Å². The lowest BCUT2D eigenvalue weighted by atomic mass is 10.1. The molecule has 3 rings (SSSR count). The second-order valence-corrected chi connectivity index (χ2v) is 8.73. The van der Waals surface area contributed by atoms with Gasteiger partial charge in [-0.1, -0.05) is 48.0 Å². The molecule has 0 unspecified atom stereocenters. The molecule has 8 heteroatoms. The zero-order valence-electron chi connectivity index (χ0n) is 16.0. The number of hydrogen-bond donors (Lipinski definition) is 2. The standard InChI is InChI=1S/C20H26N4O2S.HI/c1-17-8-10-18(11-9-17)16-22-20(23-19-6-3-2-4-7-19)21-12-14-24-13-5-15-27(24,25)26;/h2-4,6-11H,5,12-16H2,1H3,(H2,21,22,23);1H. The Kier molecular flexibility index (Phi) is 8.71. The average molecular weight is 514 g/mol. The predicted octanol–water partition coefficient (Wildman–Crippen LogP) is 3.21. The van der Waals surface area contributed by atoms with Gasteiger partial charge in [0, 0.05) is 25.3 Å². The Morgan fingerprint density at radius 2 is 1.82 bits per heavy atom. The number of benzene rings is 2. The van der Waals surface area contributed by atoms with Crippen molar-refractivity contribution >= 4 is 45.6 Å². The summed E-state index contributed by atoms with van der Waals surface area (Å²) >= 11 is 0. The fraction of sp³-hybridized carbons (Fsp3) is 0.350. The number of halogens is 1. The van der Waals surface area contributed by atoms with E-state index in [1.54, 1.807) is 4.31 Å². The third kappa shape index (κ3) is 6.75. The van der Waals surface area contributed by atoms with E-state index in [1.165, 1.54) is 5.56 Å². The molecule has 28 heavy (non-hydrogen) atoms. The van der Waals surface area contributed by atoms with Crippen LogP contribution in [-0.4, -0.2) is 44.1 Å². The summed E-state index contributed by atoms with van der Waals surface area (Å²) < 4.78 is 25.4. The van der Waals surface area contributed by atoms with Crippen molar-refractivity contribution in [3.05, 3.63) is 65.7 Å². The largest absolute Gasteiger partial charge is 0.355 e. The third-order valence-corrected chi connectivity index (χ3v) is 6.39. The Balaban J connectivity index is 0.00000280. The maximum atomic E-state index is 11.9. The number of nitrogens with zero attached hydrogens (tertiary/aromatic N) is 2. The van der Waals surface area contributed by atoms with Gasteiger partial charge in [0.1, 0.15) is 0 Å². The van der Waals surface area contributed by atoms with E-state index in [1.807, 2.05) is 30.3 Å². The number of hydrogen-bond acceptors (Lipinski definition) is 3. The summed E-state index contributed by atoms with van der Waals surface area (Å²) in [6.07, 6.45) is 0.707. The Morgan fingerprint density at radius 3 is 2.46 bits per heavy atom. The van der Waals surface area contributed by atoms with Gasteiger partial charge in [0.05, 0.1) is 12.3 Å². The van der Waals surface area contributed by atoms with E-state index in [2.05, 4.69) is 46.8 Å². The number of nitrogens with one attached hydrogen (secondary N) is 2. The quantitative estimate of drug-likeness (QED) is 0.353. The van der Waals surface area contributed by atoms with Crippen LogP contribution in [0.5, 0.6) is 0 Å². The first-order valence-electron chi connectivity index (χ1n) is 9.17. The van der Waals surface area contributed by atoms with Crippen LogP contribution in [0.4, 0.5) is 5.69 Å². The van der Waals surface area contributed by atoms with Crippen molar-refractivity contribution in [2.75, 3.05) is 30.7 Å². The topological polar surface area (TPSA) is 73.8 Å². The summed E-state index contributed by atoms with van der Waals surface area (Å²) in [5, 5.41) is 6.52. The zero-order chi connectivity index (χ0) is 19.1. The smallest absolute Gasteiger partial charge is 0.214 e. The molecule has 6 nitrogen and oxygen atoms in total. The van der Waals surface area contributed by atoms with Crippen LogP contribution in [0.3, 0.4) is 0 Å². The van der Waals surface area contributed by atoms with E-state index in [0.717, 1.165) is 11.3 Å². The Morgan fingerprint density at radius 1 is 1.11 bits per heavy atom. The van der Waals surface area contributed by atoms with Crippen molar-refractivity contribution in [2.45, 2.75) is 19.9 Å². The molecule has 0 aliphatic carbocycles. The number of anilines is 1. The molecular formula is C20H27IN4O2S. The van der Waals surface area contributed by atoms with Gasteiger partial charge in [0.15, 0.2) is 5.96 Å². The molecule has 0 saturated carbocycles. The molecule has 0 aromatic heterocycles. The van der Waals surface area contributed by atoms with Crippen molar-refractivity contribution in [3.8, 4) is 0 Å². The molecule has 0 spiro atoms. The summed E-state index contributed by atoms with van der Waals surface area (Å²) in [5.41, 5.74) is 3.27. The molecule has 0 bridgehead atoms. The molecule has 0 atom stereocenters. The first-order valence-corrected chi connectivity index (χ1v) is 10.8. The van der Waals surface area contributed by atoms with Crippen molar-refractivity contribution in [2.24, 2.45) is 4.99 Å². The number of sulfonamides is 1. The van der Waals surface area contributed by atoms with E-state index in [4.69, 9.17) is 0 Å². The van der Waals surface area contributed by atoms with Crippen LogP contribution < -0.4 is 10.6 Å². The Labute approximate surface area is 184 Å². The minimum Gasteiger partial charge on any atom is -0.355 e. The summed E-state index contributed by atoms with van der Waals surface area (Å²) in [6.45, 7) is 4.16. The van der Waals surface area contributed by atoms with Gasteiger partial charge in [0.2, 0.25) is 10.0 Å². The third-order valence-electron chi connectivity index (χ3n) is 4.43. The number of para-hydroxylation sites is 1. The van der Waals surface area contributed by atoms with Gasteiger partial charge < -0.3 is 10.6 Å². The molecule has 1 heterocycles. The first kappa shape index (κ1) is 22.6. The zero-order valence-corrected chi connectivity index (χ0v) is 19.1. The highest BCUT2D eigenvalue weighted by atomic mass is 127. The molecule has 1 saturated heterocycles. The van der Waals surface area contributed by atoms with Crippen LogP contribution in [0.1, 0.15) is 17.5 Å². The van der Waals surface area contributed by atoms with E-state index < -0.39 is 10.0 Å². The molecule has 2 N–H and O–H groups in total. The molecule has 2 aromatic rings. The molecule has 1 aliphatic rings. The predicted molar refractivity (Wildman–Crippen MR) is 126 cm³/mol. The number of guanidine groups is 1. The second-order valence-electron chi connectivity index (χ2n) is 6.64. The highest BCUT2D eigenvalue weighted by Crippen LogP contribution is 2.12. The summed E-state index contributed by atoms with van der Waals surface area (Å²) in [6, 6.07) is 18.1. The average Bonchev–Trinajstić information content (AvgIpc) is 3.00. The maximum Gasteiger partial charge on any atom is 0.214 e. The Hall–Kier alpha value is -1.65. The van der Waals surface area contributed by atoms with Crippen molar-refractivity contribution in [3.63, 3.8) is 0 Å². The molecule has 0 radical (unpaired) electrons. The molecule has 0 amide bonds. The lowest BCUT2D eigenvalue weighted by Crippen LogP contribution is -2.38. The molecule has 2 aromatic carbocycles. The monoisotopic (exact) mass is 514 g/mol. The van der Waals surface area contributed by atoms with Gasteiger partial charge in [-0.15, -0.1) is 24.0 Å². The summed E-state index contributed by atoms with van der Waals surface area (Å²) in [4.78, 5) is 4.65. The van der Waals surface area contributed by atoms with Gasteiger partial charge in [-0.2, -0.15) is 0 Å². The SMILES string of the molecule is Cc1ccc(CN=C(NCCN2CCCS2(=O)=O)Nc2ccccc2)cc1.I.